The Morgan fingerprint density at radius 2 is 2.09 bits per heavy atom. The summed E-state index contributed by atoms with van der Waals surface area (Å²) in [4.78, 5) is 6.73. The van der Waals surface area contributed by atoms with Crippen molar-refractivity contribution in [2.75, 3.05) is 4.81 Å². The molecule has 22 heavy (non-hydrogen) atoms. The molecule has 0 aliphatic carbocycles. The lowest BCUT2D eigenvalue weighted by atomic mass is 9.58. The molecular weight excluding hydrogens is 273 g/mol. The molecule has 0 atom stereocenters. The summed E-state index contributed by atoms with van der Waals surface area (Å²) >= 11 is 0. The number of fused-ring (bicyclic) bond motifs is 3. The number of anilines is 1. The minimum absolute atomic E-state index is 0.128. The molecule has 0 fully saturated rings. The standard InChI is InChI=1S/C17H17BN3O/c1-12-7-8-14-13-9-11-21(15-6-4-5-10-20(15)3)18(2)16(13)22-17(14)19-12/h4-11H,1-3H3/q+1. The number of hydrogen-bond donors (Lipinski definition) is 0. The summed E-state index contributed by atoms with van der Waals surface area (Å²) in [5, 5.41) is 1.08. The first-order chi connectivity index (χ1) is 10.6. The van der Waals surface area contributed by atoms with E-state index in [2.05, 4.69) is 64.9 Å². The van der Waals surface area contributed by atoms with Crippen molar-refractivity contribution in [2.24, 2.45) is 7.05 Å². The Labute approximate surface area is 129 Å². The normalized spacial score (nSPS) is 13.8. The molecule has 0 amide bonds. The van der Waals surface area contributed by atoms with Gasteiger partial charge in [0, 0.05) is 22.7 Å². The van der Waals surface area contributed by atoms with Crippen LogP contribution in [0, 0.1) is 6.92 Å². The van der Waals surface area contributed by atoms with E-state index in [9.17, 15) is 0 Å². The van der Waals surface area contributed by atoms with Crippen molar-refractivity contribution in [3.05, 3.63) is 54.0 Å². The minimum atomic E-state index is 0.128. The van der Waals surface area contributed by atoms with E-state index in [1.807, 2.05) is 19.1 Å². The average Bonchev–Trinajstić information content (AvgIpc) is 2.87. The van der Waals surface area contributed by atoms with Gasteiger partial charge in [0.25, 0.3) is 5.82 Å². The van der Waals surface area contributed by atoms with E-state index in [1.165, 1.54) is 0 Å². The second-order valence-corrected chi connectivity index (χ2v) is 5.75. The zero-order valence-electron chi connectivity index (χ0n) is 12.9. The Bertz CT molecular complexity index is 900. The maximum Gasteiger partial charge on any atom is 0.447 e. The largest absolute Gasteiger partial charge is 0.447 e. The summed E-state index contributed by atoms with van der Waals surface area (Å²) in [7, 11) is 2.05. The molecule has 0 saturated heterocycles. The third-order valence-corrected chi connectivity index (χ3v) is 4.25. The molecular formula is C17H17BN3O+. The molecule has 0 saturated carbocycles. The monoisotopic (exact) mass is 290 g/mol. The molecule has 0 radical (unpaired) electrons. The van der Waals surface area contributed by atoms with Gasteiger partial charge in [0.1, 0.15) is 5.66 Å². The van der Waals surface area contributed by atoms with Crippen LogP contribution in [0.5, 0.6) is 0 Å². The summed E-state index contributed by atoms with van der Waals surface area (Å²) < 4.78 is 8.17. The molecule has 4 nitrogen and oxygen atoms in total. The summed E-state index contributed by atoms with van der Waals surface area (Å²) in [5.74, 6) is 1.13. The van der Waals surface area contributed by atoms with Crippen molar-refractivity contribution < 1.29 is 8.98 Å². The Morgan fingerprint density at radius 1 is 1.23 bits per heavy atom. The molecule has 4 heterocycles. The van der Waals surface area contributed by atoms with E-state index in [0.717, 1.165) is 33.8 Å². The molecule has 5 heteroatoms. The zero-order valence-corrected chi connectivity index (χ0v) is 12.9. The van der Waals surface area contributed by atoms with Crippen LogP contribution in [-0.4, -0.2) is 11.8 Å². The number of pyridine rings is 2. The van der Waals surface area contributed by atoms with Gasteiger partial charge in [0.15, 0.2) is 0 Å². The molecule has 3 aromatic heterocycles. The quantitative estimate of drug-likeness (QED) is 0.509. The van der Waals surface area contributed by atoms with Crippen molar-refractivity contribution in [1.29, 1.82) is 0 Å². The predicted octanol–water partition coefficient (Wildman–Crippen LogP) is 2.28. The van der Waals surface area contributed by atoms with Crippen molar-refractivity contribution in [2.45, 2.75) is 13.7 Å². The van der Waals surface area contributed by atoms with Gasteiger partial charge < -0.3 is 4.42 Å². The van der Waals surface area contributed by atoms with E-state index in [-0.39, 0.29) is 6.85 Å². The van der Waals surface area contributed by atoms with Gasteiger partial charge in [-0.05, 0) is 38.0 Å². The summed E-state index contributed by atoms with van der Waals surface area (Å²) in [5.41, 5.74) is 3.81. The number of hydrogen-bond acceptors (Lipinski definition) is 3. The highest BCUT2D eigenvalue weighted by Crippen LogP contribution is 2.25. The van der Waals surface area contributed by atoms with Gasteiger partial charge in [0.2, 0.25) is 5.71 Å². The summed E-state index contributed by atoms with van der Waals surface area (Å²) in [6.45, 7) is 4.27. The fourth-order valence-corrected chi connectivity index (χ4v) is 3.06. The Hall–Kier alpha value is -2.56. The van der Waals surface area contributed by atoms with Crippen molar-refractivity contribution in [3.8, 4) is 0 Å². The van der Waals surface area contributed by atoms with E-state index in [0.29, 0.717) is 0 Å². The van der Waals surface area contributed by atoms with Crippen LogP contribution in [0.3, 0.4) is 0 Å². The highest BCUT2D eigenvalue weighted by Gasteiger charge is 2.37. The maximum absolute atomic E-state index is 6.06. The minimum Gasteiger partial charge on any atom is -0.447 e. The highest BCUT2D eigenvalue weighted by atomic mass is 16.3. The Morgan fingerprint density at radius 3 is 2.91 bits per heavy atom. The number of aryl methyl sites for hydroxylation is 2. The lowest BCUT2D eigenvalue weighted by Gasteiger charge is -2.21. The third kappa shape index (κ3) is 1.85. The van der Waals surface area contributed by atoms with Crippen LogP contribution in [0.4, 0.5) is 5.82 Å². The van der Waals surface area contributed by atoms with Gasteiger partial charge in [-0.2, -0.15) is 0 Å². The molecule has 0 bridgehead atoms. The van der Waals surface area contributed by atoms with E-state index >= 15 is 0 Å². The molecule has 1 aliphatic rings. The fourth-order valence-electron chi connectivity index (χ4n) is 3.06. The molecule has 4 rings (SSSR count). The first-order valence-corrected chi connectivity index (χ1v) is 7.46. The van der Waals surface area contributed by atoms with Crippen LogP contribution in [0.25, 0.3) is 17.2 Å². The second-order valence-electron chi connectivity index (χ2n) is 5.75. The van der Waals surface area contributed by atoms with E-state index in [4.69, 9.17) is 4.42 Å². The molecule has 0 unspecified atom stereocenters. The summed E-state index contributed by atoms with van der Waals surface area (Å²) in [6, 6.07) is 10.3. The van der Waals surface area contributed by atoms with Crippen LogP contribution >= 0.6 is 0 Å². The van der Waals surface area contributed by atoms with Gasteiger partial charge in [-0.1, -0.05) is 6.07 Å². The predicted molar refractivity (Wildman–Crippen MR) is 89.1 cm³/mol. The van der Waals surface area contributed by atoms with Gasteiger partial charge in [0.05, 0.1) is 19.4 Å². The van der Waals surface area contributed by atoms with Crippen molar-refractivity contribution in [3.63, 3.8) is 0 Å². The summed E-state index contributed by atoms with van der Waals surface area (Å²) in [6.07, 6.45) is 6.29. The Balaban J connectivity index is 1.86. The van der Waals surface area contributed by atoms with Gasteiger partial charge in [-0.25, -0.2) is 9.55 Å². The highest BCUT2D eigenvalue weighted by molar-refractivity contribution is 6.76. The zero-order chi connectivity index (χ0) is 15.3. The lowest BCUT2D eigenvalue weighted by Crippen LogP contribution is -2.50. The topological polar surface area (TPSA) is 33.2 Å². The van der Waals surface area contributed by atoms with Crippen molar-refractivity contribution >= 4 is 35.5 Å². The van der Waals surface area contributed by atoms with Crippen LogP contribution in [0.15, 0.2) is 47.1 Å². The van der Waals surface area contributed by atoms with E-state index < -0.39 is 0 Å². The Kier molecular flexibility index (Phi) is 2.82. The maximum atomic E-state index is 6.06. The third-order valence-electron chi connectivity index (χ3n) is 4.25. The van der Waals surface area contributed by atoms with Crippen LogP contribution in [-0.2, 0) is 7.05 Å². The molecule has 0 aromatic carbocycles. The van der Waals surface area contributed by atoms with Gasteiger partial charge in [-0.3, -0.25) is 4.81 Å². The molecule has 108 valence electrons. The number of furan rings is 1. The smallest absolute Gasteiger partial charge is 0.447 e. The van der Waals surface area contributed by atoms with Crippen molar-refractivity contribution in [1.82, 2.24) is 4.98 Å². The van der Waals surface area contributed by atoms with E-state index in [1.54, 1.807) is 0 Å². The molecule has 1 aliphatic heterocycles. The first kappa shape index (κ1) is 13.1. The van der Waals surface area contributed by atoms with Gasteiger partial charge >= 0.3 is 6.85 Å². The SMILES string of the molecule is CB1c2oc3nc(C)ccc3c2C=CN1c1cccc[n+]1C. The first-order valence-electron chi connectivity index (χ1n) is 7.46. The van der Waals surface area contributed by atoms with Crippen LogP contribution in [0.2, 0.25) is 6.82 Å². The number of rotatable bonds is 1. The number of aromatic nitrogens is 2. The van der Waals surface area contributed by atoms with Crippen LogP contribution in [0.1, 0.15) is 11.3 Å². The molecule has 3 aromatic rings. The van der Waals surface area contributed by atoms with Gasteiger partial charge in [-0.15, -0.1) is 0 Å². The second kappa shape index (κ2) is 4.73. The molecule has 0 N–H and O–H groups in total. The number of nitrogens with zero attached hydrogens (tertiary/aromatic N) is 3. The fraction of sp³-hybridized carbons (Fsp3) is 0.176. The van der Waals surface area contributed by atoms with Crippen LogP contribution < -0.4 is 15.0 Å². The molecule has 0 spiro atoms. The average molecular weight is 290 g/mol. The lowest BCUT2D eigenvalue weighted by molar-refractivity contribution is -0.658.